The maximum atomic E-state index is 13.1. The van der Waals surface area contributed by atoms with Gasteiger partial charge in [0.05, 0.1) is 0 Å². The van der Waals surface area contributed by atoms with E-state index in [-0.39, 0.29) is 6.61 Å². The van der Waals surface area contributed by atoms with Crippen LogP contribution in [0.2, 0.25) is 0 Å². The summed E-state index contributed by atoms with van der Waals surface area (Å²) in [6, 6.07) is 6.62. The van der Waals surface area contributed by atoms with Gasteiger partial charge in [0, 0.05) is 17.7 Å². The fraction of sp³-hybridized carbons (Fsp3) is 0.0769. The summed E-state index contributed by atoms with van der Waals surface area (Å²) in [7, 11) is 0. The molecule has 20 heavy (non-hydrogen) atoms. The highest BCUT2D eigenvalue weighted by Gasteiger charge is 2.10. The molecule has 0 aliphatic carbocycles. The maximum absolute atomic E-state index is 13.1. The molecular formula is C13H8F2N2O3. The smallest absolute Gasteiger partial charge is 0.254 e. The van der Waals surface area contributed by atoms with Gasteiger partial charge < -0.3 is 13.8 Å². The minimum Gasteiger partial charge on any atom is -0.467 e. The lowest BCUT2D eigenvalue weighted by atomic mass is 10.1. The molecule has 0 unspecified atom stereocenters. The maximum Gasteiger partial charge on any atom is 0.254 e. The number of aromatic nitrogens is 2. The van der Waals surface area contributed by atoms with E-state index in [2.05, 4.69) is 14.8 Å². The molecule has 0 aliphatic rings. The van der Waals surface area contributed by atoms with Crippen molar-refractivity contribution in [3.8, 4) is 17.1 Å². The number of benzene rings is 1. The first-order chi connectivity index (χ1) is 9.72. The Kier molecular flexibility index (Phi) is 3.16. The van der Waals surface area contributed by atoms with Gasteiger partial charge in [-0.15, -0.1) is 0 Å². The number of nitrogens with zero attached hydrogens (tertiary/aromatic N) is 2. The lowest BCUT2D eigenvalue weighted by Gasteiger charge is -1.97. The summed E-state index contributed by atoms with van der Waals surface area (Å²) in [5.41, 5.74) is 0.808. The van der Waals surface area contributed by atoms with Crippen LogP contribution in [-0.4, -0.2) is 10.3 Å². The zero-order chi connectivity index (χ0) is 13.9. The van der Waals surface area contributed by atoms with Gasteiger partial charge >= 0.3 is 0 Å². The van der Waals surface area contributed by atoms with Gasteiger partial charge in [-0.05, 0) is 23.4 Å². The predicted molar refractivity (Wildman–Crippen MR) is 62.7 cm³/mol. The minimum atomic E-state index is -0.939. The van der Waals surface area contributed by atoms with Crippen LogP contribution in [0.1, 0.15) is 5.76 Å². The van der Waals surface area contributed by atoms with E-state index in [1.807, 2.05) is 0 Å². The molecule has 0 saturated carbocycles. The summed E-state index contributed by atoms with van der Waals surface area (Å²) in [4.78, 5) is 0. The van der Waals surface area contributed by atoms with E-state index in [0.717, 1.165) is 12.1 Å². The molecular weight excluding hydrogens is 270 g/mol. The molecule has 3 aromatic rings. The van der Waals surface area contributed by atoms with Crippen molar-refractivity contribution in [3.63, 3.8) is 0 Å². The highest BCUT2D eigenvalue weighted by atomic mass is 19.2. The Balaban J connectivity index is 1.74. The summed E-state index contributed by atoms with van der Waals surface area (Å²) in [5.74, 6) is -1.11. The van der Waals surface area contributed by atoms with Crippen molar-refractivity contribution in [3.05, 3.63) is 54.0 Å². The van der Waals surface area contributed by atoms with Crippen molar-refractivity contribution in [1.29, 1.82) is 0 Å². The largest absolute Gasteiger partial charge is 0.467 e. The van der Waals surface area contributed by atoms with Crippen molar-refractivity contribution < 1.29 is 22.6 Å². The van der Waals surface area contributed by atoms with E-state index in [4.69, 9.17) is 9.26 Å². The second-order valence-corrected chi connectivity index (χ2v) is 3.93. The molecule has 102 valence electrons. The molecule has 2 heterocycles. The number of hydrogen-bond donors (Lipinski definition) is 0. The van der Waals surface area contributed by atoms with Gasteiger partial charge in [0.1, 0.15) is 12.0 Å². The Hall–Kier alpha value is -2.70. The van der Waals surface area contributed by atoms with Crippen molar-refractivity contribution in [2.45, 2.75) is 6.61 Å². The molecule has 2 aromatic heterocycles. The van der Waals surface area contributed by atoms with E-state index in [1.54, 1.807) is 12.1 Å². The van der Waals surface area contributed by atoms with E-state index >= 15 is 0 Å². The average molecular weight is 278 g/mol. The van der Waals surface area contributed by atoms with Gasteiger partial charge in [-0.1, -0.05) is 5.16 Å². The fourth-order valence-corrected chi connectivity index (χ4v) is 1.59. The second kappa shape index (κ2) is 5.12. The second-order valence-electron chi connectivity index (χ2n) is 3.93. The number of halogens is 2. The quantitative estimate of drug-likeness (QED) is 0.733. The number of ether oxygens (including phenoxy) is 1. The molecule has 0 N–H and O–H groups in total. The summed E-state index contributed by atoms with van der Waals surface area (Å²) >= 11 is 0. The van der Waals surface area contributed by atoms with Gasteiger partial charge in [-0.25, -0.2) is 8.78 Å². The predicted octanol–water partition coefficient (Wildman–Crippen LogP) is 3.19. The summed E-state index contributed by atoms with van der Waals surface area (Å²) in [6.45, 7) is 0.100. The third-order valence-electron chi connectivity index (χ3n) is 2.55. The molecule has 0 saturated heterocycles. The molecule has 1 aromatic carbocycles. The van der Waals surface area contributed by atoms with Gasteiger partial charge in [-0.3, -0.25) is 0 Å². The molecule has 0 aliphatic heterocycles. The van der Waals surface area contributed by atoms with Crippen LogP contribution in [0, 0.1) is 11.6 Å². The van der Waals surface area contributed by atoms with Crippen LogP contribution in [0.3, 0.4) is 0 Å². The Morgan fingerprint density at radius 2 is 1.95 bits per heavy atom. The number of hydrogen-bond acceptors (Lipinski definition) is 5. The van der Waals surface area contributed by atoms with Gasteiger partial charge in [0.2, 0.25) is 0 Å². The van der Waals surface area contributed by atoms with E-state index < -0.39 is 11.6 Å². The van der Waals surface area contributed by atoms with Crippen LogP contribution >= 0.6 is 0 Å². The first-order valence-electron chi connectivity index (χ1n) is 5.66. The molecule has 0 atom stereocenters. The van der Waals surface area contributed by atoms with Crippen molar-refractivity contribution in [2.24, 2.45) is 0 Å². The molecule has 0 fully saturated rings. The van der Waals surface area contributed by atoms with E-state index in [1.165, 1.54) is 12.3 Å². The van der Waals surface area contributed by atoms with Crippen LogP contribution in [-0.2, 0) is 6.61 Å². The lowest BCUT2D eigenvalue weighted by Crippen LogP contribution is -1.93. The highest BCUT2D eigenvalue weighted by Crippen LogP contribution is 2.22. The Labute approximate surface area is 111 Å². The standard InChI is InChI=1S/C13H8F2N2O3/c14-10-2-1-8(5-11(10)15)12-6-9(20-16-12)7-18-13-3-4-19-17-13/h1-6H,7H2. The normalized spacial score (nSPS) is 10.7. The van der Waals surface area contributed by atoms with Crippen LogP contribution in [0.5, 0.6) is 5.88 Å². The Morgan fingerprint density at radius 3 is 2.70 bits per heavy atom. The van der Waals surface area contributed by atoms with Crippen molar-refractivity contribution in [1.82, 2.24) is 10.3 Å². The summed E-state index contributed by atoms with van der Waals surface area (Å²) < 4.78 is 40.9. The molecule has 7 heteroatoms. The van der Waals surface area contributed by atoms with Crippen LogP contribution in [0.15, 0.2) is 45.6 Å². The number of rotatable bonds is 4. The molecule has 0 radical (unpaired) electrons. The molecule has 0 spiro atoms. The lowest BCUT2D eigenvalue weighted by molar-refractivity contribution is 0.229. The van der Waals surface area contributed by atoms with Crippen LogP contribution in [0.25, 0.3) is 11.3 Å². The zero-order valence-corrected chi connectivity index (χ0v) is 10.0. The summed E-state index contributed by atoms with van der Waals surface area (Å²) in [6.07, 6.45) is 1.38. The average Bonchev–Trinajstić information content (AvgIpc) is 3.10. The third-order valence-corrected chi connectivity index (χ3v) is 2.55. The van der Waals surface area contributed by atoms with Gasteiger partial charge in [0.25, 0.3) is 5.88 Å². The monoisotopic (exact) mass is 278 g/mol. The first-order valence-corrected chi connectivity index (χ1v) is 5.66. The molecule has 0 amide bonds. The first kappa shape index (κ1) is 12.3. The molecule has 5 nitrogen and oxygen atoms in total. The van der Waals surface area contributed by atoms with Crippen molar-refractivity contribution >= 4 is 0 Å². The van der Waals surface area contributed by atoms with E-state index in [9.17, 15) is 8.78 Å². The minimum absolute atomic E-state index is 0.100. The Bertz CT molecular complexity index is 710. The molecule has 3 rings (SSSR count). The van der Waals surface area contributed by atoms with Crippen LogP contribution in [0.4, 0.5) is 8.78 Å². The van der Waals surface area contributed by atoms with Crippen molar-refractivity contribution in [2.75, 3.05) is 0 Å². The highest BCUT2D eigenvalue weighted by molar-refractivity contribution is 5.58. The Morgan fingerprint density at radius 1 is 1.05 bits per heavy atom. The fourth-order valence-electron chi connectivity index (χ4n) is 1.59. The zero-order valence-electron chi connectivity index (χ0n) is 10.0. The third kappa shape index (κ3) is 2.51. The van der Waals surface area contributed by atoms with Gasteiger partial charge in [0.15, 0.2) is 24.0 Å². The topological polar surface area (TPSA) is 61.3 Å². The SMILES string of the molecule is Fc1ccc(-c2cc(COc3ccon3)on2)cc1F. The van der Waals surface area contributed by atoms with E-state index in [0.29, 0.717) is 22.9 Å². The van der Waals surface area contributed by atoms with Gasteiger partial charge in [-0.2, -0.15) is 0 Å². The molecule has 0 bridgehead atoms. The summed E-state index contributed by atoms with van der Waals surface area (Å²) in [5, 5.41) is 7.34. The van der Waals surface area contributed by atoms with Crippen LogP contribution < -0.4 is 4.74 Å².